The van der Waals surface area contributed by atoms with Gasteiger partial charge in [0.1, 0.15) is 0 Å². The van der Waals surface area contributed by atoms with Crippen LogP contribution in [0.1, 0.15) is 29.6 Å². The molecule has 0 bridgehead atoms. The minimum absolute atomic E-state index is 0.0195. The van der Waals surface area contributed by atoms with E-state index in [1.165, 1.54) is 0 Å². The minimum Gasteiger partial charge on any atom is -0.348 e. The molecular formula is C12H13ClINO. The van der Waals surface area contributed by atoms with Crippen LogP contribution in [0.25, 0.3) is 0 Å². The zero-order valence-corrected chi connectivity index (χ0v) is 11.7. The summed E-state index contributed by atoms with van der Waals surface area (Å²) in [6.07, 6.45) is 3.09. The van der Waals surface area contributed by atoms with E-state index in [0.717, 1.165) is 22.8 Å². The first-order valence-electron chi connectivity index (χ1n) is 5.37. The lowest BCUT2D eigenvalue weighted by Crippen LogP contribution is -2.37. The van der Waals surface area contributed by atoms with Gasteiger partial charge in [-0.1, -0.05) is 0 Å². The predicted octanol–water partition coefficient (Wildman–Crippen LogP) is 3.18. The van der Waals surface area contributed by atoms with Crippen molar-refractivity contribution in [2.45, 2.75) is 30.7 Å². The lowest BCUT2D eigenvalue weighted by molar-refractivity contribution is 0.0938. The second-order valence-electron chi connectivity index (χ2n) is 4.03. The van der Waals surface area contributed by atoms with E-state index in [9.17, 15) is 4.79 Å². The van der Waals surface area contributed by atoms with Gasteiger partial charge in [0.25, 0.3) is 5.91 Å². The molecule has 0 aromatic heterocycles. The van der Waals surface area contributed by atoms with Gasteiger partial charge >= 0.3 is 0 Å². The summed E-state index contributed by atoms with van der Waals surface area (Å²) < 4.78 is 1.13. The third-order valence-electron chi connectivity index (χ3n) is 2.85. The summed E-state index contributed by atoms with van der Waals surface area (Å²) in [6.45, 7) is 0. The molecule has 0 spiro atoms. The number of alkyl halides is 1. The van der Waals surface area contributed by atoms with E-state index in [0.29, 0.717) is 5.56 Å². The van der Waals surface area contributed by atoms with Crippen molar-refractivity contribution in [2.75, 3.05) is 0 Å². The van der Waals surface area contributed by atoms with Crippen LogP contribution >= 0.6 is 34.2 Å². The monoisotopic (exact) mass is 349 g/mol. The highest BCUT2D eigenvalue weighted by Crippen LogP contribution is 2.24. The largest absolute Gasteiger partial charge is 0.348 e. The molecule has 2 nitrogen and oxygen atoms in total. The summed E-state index contributed by atoms with van der Waals surface area (Å²) in [6, 6.07) is 7.68. The molecule has 1 fully saturated rings. The average Bonchev–Trinajstić information content (AvgIpc) is 2.65. The van der Waals surface area contributed by atoms with Crippen molar-refractivity contribution in [3.8, 4) is 0 Å². The third-order valence-corrected chi connectivity index (χ3v) is 4.10. The number of halogens is 2. The molecular weight excluding hydrogens is 336 g/mol. The summed E-state index contributed by atoms with van der Waals surface area (Å²) in [5.74, 6) is -0.0195. The highest BCUT2D eigenvalue weighted by Gasteiger charge is 2.26. The highest BCUT2D eigenvalue weighted by atomic mass is 127. The fourth-order valence-corrected chi connectivity index (χ4v) is 2.63. The Morgan fingerprint density at radius 3 is 2.56 bits per heavy atom. The van der Waals surface area contributed by atoms with Crippen LogP contribution in [-0.4, -0.2) is 17.3 Å². The van der Waals surface area contributed by atoms with Gasteiger partial charge in [0.2, 0.25) is 0 Å². The molecule has 2 unspecified atom stereocenters. The summed E-state index contributed by atoms with van der Waals surface area (Å²) in [4.78, 5) is 11.9. The van der Waals surface area contributed by atoms with E-state index in [1.807, 2.05) is 24.3 Å². The predicted molar refractivity (Wildman–Crippen MR) is 73.9 cm³/mol. The van der Waals surface area contributed by atoms with Gasteiger partial charge in [0.15, 0.2) is 0 Å². The highest BCUT2D eigenvalue weighted by molar-refractivity contribution is 14.1. The lowest BCUT2D eigenvalue weighted by atomic mass is 10.2. The van der Waals surface area contributed by atoms with E-state index in [4.69, 9.17) is 11.6 Å². The maximum absolute atomic E-state index is 11.9. The number of hydrogen-bond donors (Lipinski definition) is 1. The molecule has 2 rings (SSSR count). The van der Waals surface area contributed by atoms with Crippen molar-refractivity contribution in [3.05, 3.63) is 33.4 Å². The molecule has 1 aliphatic carbocycles. The maximum atomic E-state index is 11.9. The maximum Gasteiger partial charge on any atom is 0.251 e. The van der Waals surface area contributed by atoms with Gasteiger partial charge in [0.05, 0.1) is 5.38 Å². The summed E-state index contributed by atoms with van der Waals surface area (Å²) >= 11 is 8.34. The summed E-state index contributed by atoms with van der Waals surface area (Å²) in [7, 11) is 0. The number of carbonyl (C=O) groups is 1. The molecule has 1 saturated carbocycles. The lowest BCUT2D eigenvalue weighted by Gasteiger charge is -2.15. The Bertz CT molecular complexity index is 379. The van der Waals surface area contributed by atoms with Gasteiger partial charge in [-0.3, -0.25) is 4.79 Å². The number of benzene rings is 1. The molecule has 1 aromatic carbocycles. The third kappa shape index (κ3) is 2.88. The molecule has 0 saturated heterocycles. The van der Waals surface area contributed by atoms with Crippen molar-refractivity contribution >= 4 is 40.1 Å². The SMILES string of the molecule is O=C(NC1CCCC1Cl)c1ccc(I)cc1. The van der Waals surface area contributed by atoms with E-state index in [2.05, 4.69) is 27.9 Å². The van der Waals surface area contributed by atoms with Crippen LogP contribution < -0.4 is 5.32 Å². The molecule has 0 radical (unpaired) electrons. The second kappa shape index (κ2) is 5.36. The molecule has 16 heavy (non-hydrogen) atoms. The zero-order valence-electron chi connectivity index (χ0n) is 8.75. The normalized spacial score (nSPS) is 24.4. The van der Waals surface area contributed by atoms with Gasteiger partial charge in [0, 0.05) is 15.2 Å². The first kappa shape index (κ1) is 12.2. The van der Waals surface area contributed by atoms with Crippen molar-refractivity contribution in [1.82, 2.24) is 5.32 Å². The quantitative estimate of drug-likeness (QED) is 0.645. The number of rotatable bonds is 2. The number of carbonyl (C=O) groups excluding carboxylic acids is 1. The smallest absolute Gasteiger partial charge is 0.251 e. The van der Waals surface area contributed by atoms with Crippen LogP contribution in [-0.2, 0) is 0 Å². The number of nitrogens with one attached hydrogen (secondary N) is 1. The molecule has 0 aliphatic heterocycles. The Hall–Kier alpha value is -0.290. The Balaban J connectivity index is 2.00. The molecule has 2 atom stereocenters. The Kier molecular flexibility index (Phi) is 4.08. The Morgan fingerprint density at radius 1 is 1.31 bits per heavy atom. The van der Waals surface area contributed by atoms with Gasteiger partial charge < -0.3 is 5.32 Å². The van der Waals surface area contributed by atoms with Crippen LogP contribution in [0, 0.1) is 3.57 Å². The molecule has 1 N–H and O–H groups in total. The Morgan fingerprint density at radius 2 is 2.00 bits per heavy atom. The molecule has 1 aliphatic rings. The van der Waals surface area contributed by atoms with Crippen LogP contribution in [0.2, 0.25) is 0 Å². The summed E-state index contributed by atoms with van der Waals surface area (Å²) in [5, 5.41) is 3.08. The van der Waals surface area contributed by atoms with Gasteiger partial charge in [-0.25, -0.2) is 0 Å². The molecule has 1 amide bonds. The van der Waals surface area contributed by atoms with Crippen molar-refractivity contribution in [3.63, 3.8) is 0 Å². The summed E-state index contributed by atoms with van der Waals surface area (Å²) in [5.41, 5.74) is 0.705. The van der Waals surface area contributed by atoms with Crippen LogP contribution in [0.5, 0.6) is 0 Å². The van der Waals surface area contributed by atoms with Crippen LogP contribution in [0.3, 0.4) is 0 Å². The van der Waals surface area contributed by atoms with Gasteiger partial charge in [-0.15, -0.1) is 11.6 Å². The topological polar surface area (TPSA) is 29.1 Å². The molecule has 4 heteroatoms. The second-order valence-corrected chi connectivity index (χ2v) is 5.84. The van der Waals surface area contributed by atoms with Crippen LogP contribution in [0.15, 0.2) is 24.3 Å². The van der Waals surface area contributed by atoms with Gasteiger partial charge in [-0.2, -0.15) is 0 Å². The zero-order chi connectivity index (χ0) is 11.5. The van der Waals surface area contributed by atoms with E-state index in [-0.39, 0.29) is 17.3 Å². The van der Waals surface area contributed by atoms with E-state index >= 15 is 0 Å². The standard InChI is InChI=1S/C12H13ClINO/c13-10-2-1-3-11(10)15-12(16)8-4-6-9(14)7-5-8/h4-7,10-11H,1-3H2,(H,15,16). The van der Waals surface area contributed by atoms with Crippen molar-refractivity contribution in [1.29, 1.82) is 0 Å². The van der Waals surface area contributed by atoms with Gasteiger partial charge in [-0.05, 0) is 66.1 Å². The first-order valence-corrected chi connectivity index (χ1v) is 6.89. The minimum atomic E-state index is -0.0195. The van der Waals surface area contributed by atoms with Crippen LogP contribution in [0.4, 0.5) is 0 Å². The first-order chi connectivity index (χ1) is 7.66. The Labute approximate surface area is 114 Å². The van der Waals surface area contributed by atoms with E-state index < -0.39 is 0 Å². The molecule has 0 heterocycles. The van der Waals surface area contributed by atoms with Crippen molar-refractivity contribution in [2.24, 2.45) is 0 Å². The molecule has 86 valence electrons. The fourth-order valence-electron chi connectivity index (χ4n) is 1.93. The molecule has 1 aromatic rings. The fraction of sp³-hybridized carbons (Fsp3) is 0.417. The van der Waals surface area contributed by atoms with E-state index in [1.54, 1.807) is 0 Å². The number of hydrogen-bond acceptors (Lipinski definition) is 1. The van der Waals surface area contributed by atoms with Crippen molar-refractivity contribution < 1.29 is 4.79 Å². The average molecular weight is 350 g/mol. The number of amides is 1.